The highest BCUT2D eigenvalue weighted by molar-refractivity contribution is 5.96. The van der Waals surface area contributed by atoms with Crippen molar-refractivity contribution in [2.45, 2.75) is 76.9 Å². The van der Waals surface area contributed by atoms with Crippen LogP contribution in [0, 0.1) is 0 Å². The summed E-state index contributed by atoms with van der Waals surface area (Å²) in [6.07, 6.45) is -12.7. The van der Waals surface area contributed by atoms with Crippen molar-refractivity contribution < 1.29 is 65.1 Å². The molecule has 14 heteroatoms. The molecular weight excluding hydrogens is 626 g/mol. The Morgan fingerprint density at radius 1 is 0.630 bits per heavy atom. The van der Waals surface area contributed by atoms with E-state index in [4.69, 9.17) is 29.2 Å². The second-order valence-corrected chi connectivity index (χ2v) is 12.6. The van der Waals surface area contributed by atoms with Gasteiger partial charge >= 0.3 is 24.3 Å². The van der Waals surface area contributed by atoms with Crippen LogP contribution >= 0.6 is 0 Å². The number of carbonyl (C=O) groups is 2. The molecule has 2 aromatic rings. The van der Waals surface area contributed by atoms with E-state index in [0.717, 1.165) is 12.2 Å². The number of hydrogen-bond donors (Lipinski definition) is 2. The number of fused-ring (bicyclic) bond motifs is 2. The lowest BCUT2D eigenvalue weighted by molar-refractivity contribution is -0.187. The van der Waals surface area contributed by atoms with E-state index in [1.54, 1.807) is 0 Å². The minimum Gasteiger partial charge on any atom is -0.496 e. The SMILES string of the molecule is COc1cc2c(cc1C(C)(C)C)OC(C(F)(F)F)C(C(=O)O)=C2.COc1cc2c(cc1C(C)(C)C)OC(C(F)(F)F)C(C(=O)O)=C2. The van der Waals surface area contributed by atoms with E-state index in [0.29, 0.717) is 22.6 Å². The highest BCUT2D eigenvalue weighted by Crippen LogP contribution is 2.44. The summed E-state index contributed by atoms with van der Waals surface area (Å²) in [7, 11) is 2.89. The van der Waals surface area contributed by atoms with Gasteiger partial charge in [-0.25, -0.2) is 9.59 Å². The van der Waals surface area contributed by atoms with Gasteiger partial charge in [0.2, 0.25) is 12.2 Å². The molecule has 2 heterocycles. The molecule has 2 aromatic carbocycles. The Kier molecular flexibility index (Phi) is 9.77. The fraction of sp³-hybridized carbons (Fsp3) is 0.438. The third kappa shape index (κ3) is 7.71. The van der Waals surface area contributed by atoms with Crippen LogP contribution in [-0.4, -0.2) is 60.9 Å². The second-order valence-electron chi connectivity index (χ2n) is 12.6. The number of hydrogen-bond acceptors (Lipinski definition) is 6. The molecule has 2 atom stereocenters. The van der Waals surface area contributed by atoms with Gasteiger partial charge in [0.25, 0.3) is 0 Å². The van der Waals surface area contributed by atoms with E-state index in [-0.39, 0.29) is 33.5 Å². The van der Waals surface area contributed by atoms with E-state index in [2.05, 4.69) is 0 Å². The second kappa shape index (κ2) is 12.4. The third-order valence-electron chi connectivity index (χ3n) is 7.04. The maximum atomic E-state index is 13.1. The molecule has 0 spiro atoms. The molecule has 0 amide bonds. The Labute approximate surface area is 261 Å². The van der Waals surface area contributed by atoms with Gasteiger partial charge in [0, 0.05) is 22.3 Å². The normalized spacial score (nSPS) is 17.9. The molecule has 0 aromatic heterocycles. The molecule has 2 aliphatic rings. The first-order chi connectivity index (χ1) is 20.9. The van der Waals surface area contributed by atoms with Gasteiger partial charge in [0.05, 0.1) is 25.4 Å². The van der Waals surface area contributed by atoms with E-state index in [9.17, 15) is 35.9 Å². The molecule has 0 radical (unpaired) electrons. The average Bonchev–Trinajstić information content (AvgIpc) is 2.92. The fourth-order valence-corrected chi connectivity index (χ4v) is 4.79. The summed E-state index contributed by atoms with van der Waals surface area (Å²) < 4.78 is 98.9. The van der Waals surface area contributed by atoms with Crippen LogP contribution in [0.25, 0.3) is 12.2 Å². The first-order valence-electron chi connectivity index (χ1n) is 13.7. The Bertz CT molecular complexity index is 1460. The Balaban J connectivity index is 0.000000250. The standard InChI is InChI=1S/2C16H17F3O4/c2*1-15(2,3)10-7-11-8(6-12(10)22-4)5-9(14(20)21)13(23-11)16(17,18)19/h2*5-7,13H,1-4H3,(H,20,21). The number of ether oxygens (including phenoxy) is 4. The van der Waals surface area contributed by atoms with E-state index in [1.807, 2.05) is 41.5 Å². The van der Waals surface area contributed by atoms with Crippen molar-refractivity contribution in [2.75, 3.05) is 14.2 Å². The summed E-state index contributed by atoms with van der Waals surface area (Å²) in [5, 5.41) is 18.1. The quantitative estimate of drug-likeness (QED) is 0.323. The number of methoxy groups -OCH3 is 2. The summed E-state index contributed by atoms with van der Waals surface area (Å²) in [5.74, 6) is -2.43. The predicted octanol–water partition coefficient (Wildman–Crippen LogP) is 7.57. The van der Waals surface area contributed by atoms with Crippen LogP contribution in [0.2, 0.25) is 0 Å². The minimum atomic E-state index is -4.82. The number of carboxylic acid groups (broad SMARTS) is 2. The Morgan fingerprint density at radius 2 is 0.935 bits per heavy atom. The summed E-state index contributed by atoms with van der Waals surface area (Å²) in [6, 6.07) is 5.93. The molecule has 46 heavy (non-hydrogen) atoms. The van der Waals surface area contributed by atoms with Crippen molar-refractivity contribution in [1.82, 2.24) is 0 Å². The maximum Gasteiger partial charge on any atom is 0.430 e. The molecular formula is C32H34F6O8. The number of benzene rings is 2. The van der Waals surface area contributed by atoms with Crippen LogP contribution in [0.5, 0.6) is 23.0 Å². The lowest BCUT2D eigenvalue weighted by Gasteiger charge is -2.30. The largest absolute Gasteiger partial charge is 0.496 e. The Morgan fingerprint density at radius 3 is 1.15 bits per heavy atom. The third-order valence-corrected chi connectivity index (χ3v) is 7.04. The van der Waals surface area contributed by atoms with Gasteiger partial charge in [-0.15, -0.1) is 0 Å². The molecule has 2 aliphatic heterocycles. The van der Waals surface area contributed by atoms with Crippen molar-refractivity contribution >= 4 is 24.1 Å². The van der Waals surface area contributed by atoms with Gasteiger partial charge < -0.3 is 29.2 Å². The zero-order valence-electron chi connectivity index (χ0n) is 26.2. The average molecular weight is 661 g/mol. The van der Waals surface area contributed by atoms with Gasteiger partial charge in [0.15, 0.2) is 0 Å². The van der Waals surface area contributed by atoms with Crippen LogP contribution in [0.3, 0.4) is 0 Å². The first kappa shape index (κ1) is 36.1. The van der Waals surface area contributed by atoms with Gasteiger partial charge in [-0.2, -0.15) is 26.3 Å². The lowest BCUT2D eigenvalue weighted by atomic mass is 9.85. The summed E-state index contributed by atoms with van der Waals surface area (Å²) >= 11 is 0. The van der Waals surface area contributed by atoms with E-state index >= 15 is 0 Å². The lowest BCUT2D eigenvalue weighted by Crippen LogP contribution is -2.40. The van der Waals surface area contributed by atoms with Crippen LogP contribution in [0.15, 0.2) is 35.4 Å². The van der Waals surface area contributed by atoms with Gasteiger partial charge in [-0.3, -0.25) is 0 Å². The van der Waals surface area contributed by atoms with Crippen molar-refractivity contribution in [3.63, 3.8) is 0 Å². The van der Waals surface area contributed by atoms with Crippen LogP contribution in [0.1, 0.15) is 63.8 Å². The number of halogens is 6. The van der Waals surface area contributed by atoms with E-state index in [1.165, 1.54) is 38.5 Å². The molecule has 8 nitrogen and oxygen atoms in total. The van der Waals surface area contributed by atoms with Crippen molar-refractivity contribution in [3.8, 4) is 23.0 Å². The number of carboxylic acids is 2. The molecule has 0 saturated carbocycles. The number of aliphatic carboxylic acids is 2. The summed E-state index contributed by atoms with van der Waals surface area (Å²) in [6.45, 7) is 11.3. The molecule has 2 N–H and O–H groups in total. The first-order valence-corrected chi connectivity index (χ1v) is 13.7. The highest BCUT2D eigenvalue weighted by atomic mass is 19.4. The smallest absolute Gasteiger partial charge is 0.430 e. The van der Waals surface area contributed by atoms with E-state index < -0.39 is 47.6 Å². The monoisotopic (exact) mass is 660 g/mol. The number of rotatable bonds is 4. The molecule has 0 aliphatic carbocycles. The maximum absolute atomic E-state index is 13.1. The van der Waals surface area contributed by atoms with Crippen LogP contribution in [-0.2, 0) is 20.4 Å². The fourth-order valence-electron chi connectivity index (χ4n) is 4.79. The molecule has 252 valence electrons. The summed E-state index contributed by atoms with van der Waals surface area (Å²) in [4.78, 5) is 22.2. The molecule has 4 rings (SSSR count). The van der Waals surface area contributed by atoms with Crippen molar-refractivity contribution in [2.24, 2.45) is 0 Å². The molecule has 2 unspecified atom stereocenters. The summed E-state index contributed by atoms with van der Waals surface area (Å²) in [5.41, 5.74) is -0.631. The number of alkyl halides is 6. The zero-order chi connectivity index (χ0) is 35.2. The minimum absolute atomic E-state index is 0.0111. The molecule has 0 saturated heterocycles. The Hall–Kier alpha value is -4.36. The van der Waals surface area contributed by atoms with Gasteiger partial charge in [0.1, 0.15) is 23.0 Å². The predicted molar refractivity (Wildman–Crippen MR) is 156 cm³/mol. The van der Waals surface area contributed by atoms with Gasteiger partial charge in [-0.1, -0.05) is 41.5 Å². The topological polar surface area (TPSA) is 112 Å². The van der Waals surface area contributed by atoms with Gasteiger partial charge in [-0.05, 0) is 47.2 Å². The van der Waals surface area contributed by atoms with Crippen LogP contribution < -0.4 is 18.9 Å². The molecule has 0 bridgehead atoms. The highest BCUT2D eigenvalue weighted by Gasteiger charge is 2.49. The van der Waals surface area contributed by atoms with Crippen molar-refractivity contribution in [3.05, 3.63) is 57.7 Å². The zero-order valence-corrected chi connectivity index (χ0v) is 26.2. The van der Waals surface area contributed by atoms with Crippen LogP contribution in [0.4, 0.5) is 26.3 Å². The molecule has 0 fully saturated rings. The van der Waals surface area contributed by atoms with Crippen molar-refractivity contribution in [1.29, 1.82) is 0 Å².